The van der Waals surface area contributed by atoms with Crippen molar-refractivity contribution in [2.45, 2.75) is 0 Å². The van der Waals surface area contributed by atoms with Crippen molar-refractivity contribution in [3.8, 4) is 0 Å². The molecule has 11 nitrogen and oxygen atoms in total. The number of imide groups is 1. The normalized spacial score (nSPS) is 15.8. The summed E-state index contributed by atoms with van der Waals surface area (Å²) in [6.45, 7) is 0.650. The maximum atomic E-state index is 12.7. The number of nitro benzene ring substituents is 1. The number of piperazine rings is 1. The zero-order chi connectivity index (χ0) is 22.1. The average molecular weight is 423 g/mol. The van der Waals surface area contributed by atoms with E-state index < -0.39 is 29.2 Å². The van der Waals surface area contributed by atoms with E-state index in [1.807, 2.05) is 0 Å². The van der Waals surface area contributed by atoms with Crippen molar-refractivity contribution in [1.82, 2.24) is 19.7 Å². The van der Waals surface area contributed by atoms with Gasteiger partial charge in [-0.2, -0.15) is 0 Å². The number of hydrogen-bond acceptors (Lipinski definition) is 7. The lowest BCUT2D eigenvalue weighted by Crippen LogP contribution is -2.53. The first-order valence-corrected chi connectivity index (χ1v) is 9.49. The zero-order valence-corrected chi connectivity index (χ0v) is 16.3. The second-order valence-electron chi connectivity index (χ2n) is 7.07. The van der Waals surface area contributed by atoms with Crippen LogP contribution in [0.5, 0.6) is 0 Å². The maximum Gasteiger partial charge on any atom is 0.272 e. The molecule has 1 aromatic carbocycles. The van der Waals surface area contributed by atoms with E-state index in [1.54, 1.807) is 23.1 Å². The maximum absolute atomic E-state index is 12.7. The number of non-ortho nitro benzene ring substituents is 1. The number of benzene rings is 1. The van der Waals surface area contributed by atoms with E-state index in [4.69, 9.17) is 0 Å². The average Bonchev–Trinajstić information content (AvgIpc) is 3.03. The third kappa shape index (κ3) is 3.72. The van der Waals surface area contributed by atoms with Crippen LogP contribution < -0.4 is 0 Å². The predicted molar refractivity (Wildman–Crippen MR) is 105 cm³/mol. The number of nitro groups is 1. The van der Waals surface area contributed by atoms with Crippen LogP contribution in [0.1, 0.15) is 31.2 Å². The standard InChI is InChI=1S/C20H17N5O6/c26-17(22-7-9-23(10-8-22)20(29)16-3-1-2-6-21-16)12-24-18(27)14-5-4-13(25(30)31)11-15(14)19(24)28/h1-6,11H,7-10,12H2. The summed E-state index contributed by atoms with van der Waals surface area (Å²) in [5.74, 6) is -2.06. The minimum Gasteiger partial charge on any atom is -0.338 e. The molecule has 11 heteroatoms. The van der Waals surface area contributed by atoms with E-state index in [9.17, 15) is 29.3 Å². The van der Waals surface area contributed by atoms with Crippen molar-refractivity contribution in [2.24, 2.45) is 0 Å². The molecule has 2 aromatic rings. The molecule has 1 fully saturated rings. The molecule has 0 atom stereocenters. The van der Waals surface area contributed by atoms with Gasteiger partial charge in [-0.25, -0.2) is 0 Å². The second-order valence-corrected chi connectivity index (χ2v) is 7.07. The smallest absolute Gasteiger partial charge is 0.272 e. The molecule has 158 valence electrons. The number of nitrogens with zero attached hydrogens (tertiary/aromatic N) is 5. The molecule has 0 radical (unpaired) electrons. The van der Waals surface area contributed by atoms with Gasteiger partial charge in [-0.15, -0.1) is 0 Å². The summed E-state index contributed by atoms with van der Waals surface area (Å²) in [5.41, 5.74) is -0.0314. The van der Waals surface area contributed by atoms with Crippen LogP contribution in [0.3, 0.4) is 0 Å². The van der Waals surface area contributed by atoms with Crippen LogP contribution >= 0.6 is 0 Å². The largest absolute Gasteiger partial charge is 0.338 e. The minimum atomic E-state index is -0.735. The molecule has 1 saturated heterocycles. The summed E-state index contributed by atoms with van der Waals surface area (Å²) in [6, 6.07) is 8.46. The van der Waals surface area contributed by atoms with E-state index in [1.165, 1.54) is 17.2 Å². The summed E-state index contributed by atoms with van der Waals surface area (Å²) in [7, 11) is 0. The van der Waals surface area contributed by atoms with Gasteiger partial charge in [-0.05, 0) is 18.2 Å². The molecule has 2 aliphatic heterocycles. The first kappa shape index (κ1) is 20.1. The summed E-state index contributed by atoms with van der Waals surface area (Å²) in [6.07, 6.45) is 1.53. The number of amides is 4. The Hall–Kier alpha value is -4.15. The Morgan fingerprint density at radius 1 is 0.968 bits per heavy atom. The Morgan fingerprint density at radius 2 is 1.65 bits per heavy atom. The highest BCUT2D eigenvalue weighted by atomic mass is 16.6. The van der Waals surface area contributed by atoms with E-state index in [2.05, 4.69) is 4.98 Å². The molecule has 3 heterocycles. The molecule has 31 heavy (non-hydrogen) atoms. The van der Waals surface area contributed by atoms with Crippen LogP contribution in [0.4, 0.5) is 5.69 Å². The van der Waals surface area contributed by atoms with Crippen LogP contribution in [0.25, 0.3) is 0 Å². The van der Waals surface area contributed by atoms with Gasteiger partial charge in [0.05, 0.1) is 16.1 Å². The number of fused-ring (bicyclic) bond motifs is 1. The molecule has 0 unspecified atom stereocenters. The van der Waals surface area contributed by atoms with Gasteiger partial charge in [0.2, 0.25) is 5.91 Å². The van der Waals surface area contributed by atoms with Gasteiger partial charge in [0.15, 0.2) is 0 Å². The van der Waals surface area contributed by atoms with Crippen molar-refractivity contribution in [3.63, 3.8) is 0 Å². The van der Waals surface area contributed by atoms with Gasteiger partial charge in [0.25, 0.3) is 23.4 Å². The van der Waals surface area contributed by atoms with Gasteiger partial charge in [-0.1, -0.05) is 6.07 Å². The minimum absolute atomic E-state index is 0.0363. The number of pyridine rings is 1. The van der Waals surface area contributed by atoms with Gasteiger partial charge < -0.3 is 9.80 Å². The van der Waals surface area contributed by atoms with Crippen molar-refractivity contribution in [1.29, 1.82) is 0 Å². The molecule has 0 saturated carbocycles. The van der Waals surface area contributed by atoms with Crippen LogP contribution in [-0.4, -0.2) is 81.0 Å². The van der Waals surface area contributed by atoms with Gasteiger partial charge >= 0.3 is 0 Å². The lowest BCUT2D eigenvalue weighted by molar-refractivity contribution is -0.384. The van der Waals surface area contributed by atoms with Crippen LogP contribution in [0.2, 0.25) is 0 Å². The fourth-order valence-electron chi connectivity index (χ4n) is 3.58. The molecular formula is C20H17N5O6. The Balaban J connectivity index is 1.38. The van der Waals surface area contributed by atoms with E-state index >= 15 is 0 Å². The highest BCUT2D eigenvalue weighted by Gasteiger charge is 2.39. The molecule has 0 spiro atoms. The fourth-order valence-corrected chi connectivity index (χ4v) is 3.58. The van der Waals surface area contributed by atoms with Crippen molar-refractivity contribution in [3.05, 3.63) is 69.5 Å². The van der Waals surface area contributed by atoms with Crippen LogP contribution in [-0.2, 0) is 4.79 Å². The SMILES string of the molecule is O=C(CN1C(=O)c2ccc([N+](=O)[O-])cc2C1=O)N1CCN(C(=O)c2ccccn2)CC1. The Labute approximate surface area is 176 Å². The second kappa shape index (κ2) is 7.94. The van der Waals surface area contributed by atoms with Gasteiger partial charge in [0, 0.05) is 44.5 Å². The molecule has 2 aliphatic rings. The Kier molecular flexibility index (Phi) is 5.15. The lowest BCUT2D eigenvalue weighted by atomic mass is 10.1. The summed E-state index contributed by atoms with van der Waals surface area (Å²) < 4.78 is 0. The quantitative estimate of drug-likeness (QED) is 0.399. The third-order valence-corrected chi connectivity index (χ3v) is 5.26. The van der Waals surface area contributed by atoms with Crippen LogP contribution in [0, 0.1) is 10.1 Å². The summed E-state index contributed by atoms with van der Waals surface area (Å²) >= 11 is 0. The molecule has 0 bridgehead atoms. The highest BCUT2D eigenvalue weighted by molar-refractivity contribution is 6.22. The Bertz CT molecular complexity index is 1090. The van der Waals surface area contributed by atoms with E-state index in [0.717, 1.165) is 17.0 Å². The molecule has 4 amide bonds. The number of hydrogen-bond donors (Lipinski definition) is 0. The number of carbonyl (C=O) groups excluding carboxylic acids is 4. The number of rotatable bonds is 4. The molecule has 0 aliphatic carbocycles. The van der Waals surface area contributed by atoms with Crippen molar-refractivity contribution >= 4 is 29.3 Å². The van der Waals surface area contributed by atoms with Crippen molar-refractivity contribution < 1.29 is 24.1 Å². The first-order chi connectivity index (χ1) is 14.9. The molecular weight excluding hydrogens is 406 g/mol. The number of aromatic nitrogens is 1. The van der Waals surface area contributed by atoms with Crippen molar-refractivity contribution in [2.75, 3.05) is 32.7 Å². The monoisotopic (exact) mass is 423 g/mol. The fraction of sp³-hybridized carbons (Fsp3) is 0.250. The summed E-state index contributed by atoms with van der Waals surface area (Å²) in [4.78, 5) is 68.4. The van der Waals surface area contributed by atoms with Crippen LogP contribution in [0.15, 0.2) is 42.6 Å². The third-order valence-electron chi connectivity index (χ3n) is 5.26. The molecule has 4 rings (SSSR count). The lowest BCUT2D eigenvalue weighted by Gasteiger charge is -2.35. The topological polar surface area (TPSA) is 134 Å². The van der Waals surface area contributed by atoms with E-state index in [-0.39, 0.29) is 35.8 Å². The zero-order valence-electron chi connectivity index (χ0n) is 16.3. The van der Waals surface area contributed by atoms with Gasteiger partial charge in [0.1, 0.15) is 12.2 Å². The van der Waals surface area contributed by atoms with Gasteiger partial charge in [-0.3, -0.25) is 39.2 Å². The number of carbonyl (C=O) groups is 4. The summed E-state index contributed by atoms with van der Waals surface area (Å²) in [5, 5.41) is 10.9. The highest BCUT2D eigenvalue weighted by Crippen LogP contribution is 2.26. The predicted octanol–water partition coefficient (Wildman–Crippen LogP) is 0.570. The molecule has 0 N–H and O–H groups in total. The van der Waals surface area contributed by atoms with E-state index in [0.29, 0.717) is 18.8 Å². The molecule has 1 aromatic heterocycles. The first-order valence-electron chi connectivity index (χ1n) is 9.49. The Morgan fingerprint density at radius 3 is 2.29 bits per heavy atom.